The molecule has 0 fully saturated rings. The Balaban J connectivity index is 2.57. The van der Waals surface area contributed by atoms with Crippen LogP contribution in [0, 0.1) is 5.82 Å². The zero-order chi connectivity index (χ0) is 14.9. The fraction of sp³-hybridized carbons (Fsp3) is 0.231. The fourth-order valence-corrected chi connectivity index (χ4v) is 2.59. The van der Waals surface area contributed by atoms with Crippen molar-refractivity contribution in [3.63, 3.8) is 0 Å². The molecule has 0 atom stereocenters. The number of halogens is 1. The molecule has 1 aromatic heterocycles. The topological polar surface area (TPSA) is 69.0 Å². The summed E-state index contributed by atoms with van der Waals surface area (Å²) in [7, 11) is -3.62. The van der Waals surface area contributed by atoms with E-state index in [1.807, 2.05) is 6.92 Å². The summed E-state index contributed by atoms with van der Waals surface area (Å²) in [6.07, 6.45) is 3.13. The normalized spacial score (nSPS) is 11.6. The van der Waals surface area contributed by atoms with Crippen LogP contribution in [-0.4, -0.2) is 30.7 Å². The van der Waals surface area contributed by atoms with E-state index in [4.69, 9.17) is 0 Å². The third-order valence-electron chi connectivity index (χ3n) is 2.85. The van der Waals surface area contributed by atoms with Gasteiger partial charge in [-0.3, -0.25) is 9.48 Å². The number of rotatable bonds is 4. The van der Waals surface area contributed by atoms with Gasteiger partial charge < -0.3 is 0 Å². The third kappa shape index (κ3) is 2.62. The van der Waals surface area contributed by atoms with Crippen molar-refractivity contribution >= 4 is 16.1 Å². The molecule has 7 heteroatoms. The van der Waals surface area contributed by atoms with Gasteiger partial charge in [0.15, 0.2) is 16.1 Å². The molecule has 106 valence electrons. The molecule has 1 aromatic carbocycles. The second-order valence-electron chi connectivity index (χ2n) is 4.32. The molecule has 2 aromatic rings. The van der Waals surface area contributed by atoms with E-state index in [2.05, 4.69) is 5.10 Å². The molecule has 0 radical (unpaired) electrons. The molecule has 20 heavy (non-hydrogen) atoms. The first-order valence-electron chi connectivity index (χ1n) is 5.89. The number of aromatic nitrogens is 2. The van der Waals surface area contributed by atoms with Gasteiger partial charge in [-0.1, -0.05) is 6.07 Å². The van der Waals surface area contributed by atoms with Crippen molar-refractivity contribution in [3.8, 4) is 11.3 Å². The molecule has 0 saturated heterocycles. The SMILES string of the molecule is CCn1cc(C=O)c(-c2ccc(S(C)(=O)=O)c(F)c2)n1. The molecular formula is C13H13FN2O3S. The number of carbonyl (C=O) groups is 1. The molecule has 0 N–H and O–H groups in total. The zero-order valence-electron chi connectivity index (χ0n) is 11.0. The van der Waals surface area contributed by atoms with E-state index in [-0.39, 0.29) is 4.90 Å². The minimum atomic E-state index is -3.62. The second kappa shape index (κ2) is 5.16. The van der Waals surface area contributed by atoms with Crippen LogP contribution in [0.1, 0.15) is 17.3 Å². The Morgan fingerprint density at radius 2 is 2.10 bits per heavy atom. The number of hydrogen-bond donors (Lipinski definition) is 0. The largest absolute Gasteiger partial charge is 0.298 e. The summed E-state index contributed by atoms with van der Waals surface area (Å²) in [6.45, 7) is 2.43. The Hall–Kier alpha value is -2.02. The summed E-state index contributed by atoms with van der Waals surface area (Å²) in [5, 5.41) is 4.17. The van der Waals surface area contributed by atoms with Crippen LogP contribution < -0.4 is 0 Å². The molecule has 0 aliphatic heterocycles. The van der Waals surface area contributed by atoms with Gasteiger partial charge in [0.1, 0.15) is 16.4 Å². The number of hydrogen-bond acceptors (Lipinski definition) is 4. The Kier molecular flexibility index (Phi) is 3.71. The third-order valence-corrected chi connectivity index (χ3v) is 3.98. The molecule has 5 nitrogen and oxygen atoms in total. The number of aryl methyl sites for hydroxylation is 1. The van der Waals surface area contributed by atoms with Crippen LogP contribution in [0.4, 0.5) is 4.39 Å². The van der Waals surface area contributed by atoms with Gasteiger partial charge in [0.2, 0.25) is 0 Å². The van der Waals surface area contributed by atoms with Crippen molar-refractivity contribution in [1.29, 1.82) is 0 Å². The molecule has 0 aliphatic carbocycles. The van der Waals surface area contributed by atoms with Crippen LogP contribution in [0.2, 0.25) is 0 Å². The number of benzene rings is 1. The van der Waals surface area contributed by atoms with E-state index >= 15 is 0 Å². The minimum Gasteiger partial charge on any atom is -0.298 e. The molecule has 0 aliphatic rings. The van der Waals surface area contributed by atoms with Gasteiger partial charge in [-0.05, 0) is 19.1 Å². The van der Waals surface area contributed by atoms with Crippen LogP contribution in [0.25, 0.3) is 11.3 Å². The number of sulfone groups is 1. The summed E-state index contributed by atoms with van der Waals surface area (Å²) >= 11 is 0. The summed E-state index contributed by atoms with van der Waals surface area (Å²) in [5.74, 6) is -0.854. The maximum atomic E-state index is 13.9. The average Bonchev–Trinajstić information content (AvgIpc) is 2.80. The van der Waals surface area contributed by atoms with Gasteiger partial charge in [-0.2, -0.15) is 5.10 Å². The zero-order valence-corrected chi connectivity index (χ0v) is 11.8. The summed E-state index contributed by atoms with van der Waals surface area (Å²) in [5.41, 5.74) is 1.03. The molecule has 0 bridgehead atoms. The lowest BCUT2D eigenvalue weighted by molar-refractivity contribution is 0.112. The van der Waals surface area contributed by atoms with Gasteiger partial charge in [-0.15, -0.1) is 0 Å². The first-order chi connectivity index (χ1) is 9.36. The van der Waals surface area contributed by atoms with E-state index in [9.17, 15) is 17.6 Å². The number of aldehydes is 1. The van der Waals surface area contributed by atoms with E-state index in [1.165, 1.54) is 12.1 Å². The number of nitrogens with zero attached hydrogens (tertiary/aromatic N) is 2. The molecule has 0 unspecified atom stereocenters. The highest BCUT2D eigenvalue weighted by molar-refractivity contribution is 7.90. The van der Waals surface area contributed by atoms with Crippen LogP contribution >= 0.6 is 0 Å². The Morgan fingerprint density at radius 3 is 2.60 bits per heavy atom. The molecule has 1 heterocycles. The predicted octanol–water partition coefficient (Wildman–Crippen LogP) is 1.93. The van der Waals surface area contributed by atoms with Crippen LogP contribution in [0.3, 0.4) is 0 Å². The van der Waals surface area contributed by atoms with Crippen LogP contribution in [0.5, 0.6) is 0 Å². The maximum Gasteiger partial charge on any atom is 0.178 e. The molecule has 0 saturated carbocycles. The monoisotopic (exact) mass is 296 g/mol. The predicted molar refractivity (Wildman–Crippen MR) is 71.8 cm³/mol. The maximum absolute atomic E-state index is 13.9. The molecular weight excluding hydrogens is 283 g/mol. The molecule has 2 rings (SSSR count). The highest BCUT2D eigenvalue weighted by Gasteiger charge is 2.17. The van der Waals surface area contributed by atoms with Gasteiger partial charge in [0.25, 0.3) is 0 Å². The standard InChI is InChI=1S/C13H13FN2O3S/c1-3-16-7-10(8-17)13(15-16)9-4-5-12(11(14)6-9)20(2,18)19/h4-8H,3H2,1-2H3. The lowest BCUT2D eigenvalue weighted by Gasteiger charge is -2.03. The summed E-state index contributed by atoms with van der Waals surface area (Å²) in [4.78, 5) is 10.6. The first kappa shape index (κ1) is 14.4. The van der Waals surface area contributed by atoms with E-state index in [0.29, 0.717) is 29.7 Å². The lowest BCUT2D eigenvalue weighted by atomic mass is 10.1. The second-order valence-corrected chi connectivity index (χ2v) is 6.31. The lowest BCUT2D eigenvalue weighted by Crippen LogP contribution is -2.01. The van der Waals surface area contributed by atoms with Gasteiger partial charge in [-0.25, -0.2) is 12.8 Å². The van der Waals surface area contributed by atoms with Crippen LogP contribution in [0.15, 0.2) is 29.3 Å². The highest BCUT2D eigenvalue weighted by atomic mass is 32.2. The van der Waals surface area contributed by atoms with Gasteiger partial charge in [0.05, 0.1) is 5.56 Å². The average molecular weight is 296 g/mol. The Morgan fingerprint density at radius 1 is 1.40 bits per heavy atom. The van der Waals surface area contributed by atoms with Crippen molar-refractivity contribution in [3.05, 3.63) is 35.8 Å². The van der Waals surface area contributed by atoms with Crippen molar-refractivity contribution < 1.29 is 17.6 Å². The smallest absolute Gasteiger partial charge is 0.178 e. The van der Waals surface area contributed by atoms with Crippen molar-refractivity contribution in [2.24, 2.45) is 0 Å². The summed E-state index contributed by atoms with van der Waals surface area (Å²) < 4.78 is 38.1. The fourth-order valence-electron chi connectivity index (χ4n) is 1.86. The summed E-state index contributed by atoms with van der Waals surface area (Å²) in [6, 6.07) is 3.69. The van der Waals surface area contributed by atoms with Crippen molar-refractivity contribution in [1.82, 2.24) is 9.78 Å². The Labute approximate surface area is 116 Å². The highest BCUT2D eigenvalue weighted by Crippen LogP contribution is 2.25. The van der Waals surface area contributed by atoms with Crippen molar-refractivity contribution in [2.75, 3.05) is 6.26 Å². The quantitative estimate of drug-likeness (QED) is 0.808. The van der Waals surface area contributed by atoms with Crippen molar-refractivity contribution in [2.45, 2.75) is 18.4 Å². The molecule has 0 spiro atoms. The first-order valence-corrected chi connectivity index (χ1v) is 7.78. The van der Waals surface area contributed by atoms with E-state index in [0.717, 1.165) is 12.3 Å². The van der Waals surface area contributed by atoms with Gasteiger partial charge in [0, 0.05) is 24.6 Å². The minimum absolute atomic E-state index is 0.332. The van der Waals surface area contributed by atoms with Gasteiger partial charge >= 0.3 is 0 Å². The Bertz CT molecular complexity index is 766. The van der Waals surface area contributed by atoms with Crippen LogP contribution in [-0.2, 0) is 16.4 Å². The van der Waals surface area contributed by atoms with E-state index in [1.54, 1.807) is 10.9 Å². The molecule has 0 amide bonds. The number of carbonyl (C=O) groups excluding carboxylic acids is 1. The van der Waals surface area contributed by atoms with E-state index < -0.39 is 15.7 Å².